The van der Waals surface area contributed by atoms with Crippen molar-refractivity contribution in [2.75, 3.05) is 11.9 Å². The van der Waals surface area contributed by atoms with Gasteiger partial charge in [-0.25, -0.2) is 4.79 Å². The second kappa shape index (κ2) is 5.54. The molecule has 2 atom stereocenters. The van der Waals surface area contributed by atoms with Crippen molar-refractivity contribution in [3.05, 3.63) is 47.1 Å². The molecule has 1 aromatic heterocycles. The molecule has 0 radical (unpaired) electrons. The third-order valence-electron chi connectivity index (χ3n) is 3.65. The monoisotopic (exact) mass is 273 g/mol. The maximum absolute atomic E-state index is 11.5. The van der Waals surface area contributed by atoms with E-state index in [1.807, 2.05) is 24.3 Å². The number of aromatic amines is 1. The first-order chi connectivity index (χ1) is 9.72. The molecule has 2 N–H and O–H groups in total. The van der Waals surface area contributed by atoms with Crippen LogP contribution in [0.3, 0.4) is 0 Å². The minimum atomic E-state index is -0.121. The molecule has 106 valence electrons. The summed E-state index contributed by atoms with van der Waals surface area (Å²) in [5.41, 5.74) is 1.82. The van der Waals surface area contributed by atoms with Gasteiger partial charge >= 0.3 is 5.69 Å². The van der Waals surface area contributed by atoms with E-state index in [0.717, 1.165) is 30.8 Å². The summed E-state index contributed by atoms with van der Waals surface area (Å²) in [5, 5.41) is 3.52. The molecule has 1 saturated heterocycles. The highest BCUT2D eigenvalue weighted by Gasteiger charge is 2.18. The van der Waals surface area contributed by atoms with Crippen LogP contribution in [-0.4, -0.2) is 28.3 Å². The number of hydrogen-bond donors (Lipinski definition) is 2. The summed E-state index contributed by atoms with van der Waals surface area (Å²) < 4.78 is 7.13. The zero-order valence-electron chi connectivity index (χ0n) is 11.5. The number of nitrogens with one attached hydrogen (secondary N) is 2. The van der Waals surface area contributed by atoms with Crippen molar-refractivity contribution in [2.45, 2.75) is 31.9 Å². The van der Waals surface area contributed by atoms with Gasteiger partial charge < -0.3 is 15.0 Å². The Balaban J connectivity index is 1.70. The molecule has 0 aliphatic carbocycles. The minimum Gasteiger partial charge on any atom is -0.382 e. The first kappa shape index (κ1) is 13.0. The van der Waals surface area contributed by atoms with Crippen LogP contribution in [0.2, 0.25) is 0 Å². The maximum Gasteiger partial charge on any atom is 0.330 e. The van der Waals surface area contributed by atoms with Crippen molar-refractivity contribution >= 4 is 5.69 Å². The molecular weight excluding hydrogens is 254 g/mol. The molecule has 5 heteroatoms. The molecule has 0 bridgehead atoms. The number of benzene rings is 1. The van der Waals surface area contributed by atoms with E-state index >= 15 is 0 Å². The van der Waals surface area contributed by atoms with Gasteiger partial charge in [-0.15, -0.1) is 0 Å². The lowest BCUT2D eigenvalue weighted by molar-refractivity contribution is 0.0232. The fourth-order valence-corrected chi connectivity index (χ4v) is 2.61. The van der Waals surface area contributed by atoms with E-state index in [0.29, 0.717) is 12.1 Å². The predicted molar refractivity (Wildman–Crippen MR) is 78.4 cm³/mol. The molecule has 1 aliphatic rings. The van der Waals surface area contributed by atoms with Crippen LogP contribution in [0.25, 0.3) is 5.69 Å². The second-order valence-electron chi connectivity index (χ2n) is 5.23. The standard InChI is InChI=1S/C15H19N3O2/c1-11-10-13(6-9-20-11)17-12-2-4-14(5-3-12)18-8-7-16-15(18)19/h2-5,7-8,11,13,17H,6,9-10H2,1H3,(H,16,19). The van der Waals surface area contributed by atoms with E-state index < -0.39 is 0 Å². The summed E-state index contributed by atoms with van der Waals surface area (Å²) in [6, 6.07) is 8.37. The van der Waals surface area contributed by atoms with Gasteiger partial charge in [0.1, 0.15) is 0 Å². The fourth-order valence-electron chi connectivity index (χ4n) is 2.61. The summed E-state index contributed by atoms with van der Waals surface area (Å²) in [5.74, 6) is 0. The highest BCUT2D eigenvalue weighted by Crippen LogP contribution is 2.19. The zero-order valence-corrected chi connectivity index (χ0v) is 11.5. The fraction of sp³-hybridized carbons (Fsp3) is 0.400. The van der Waals surface area contributed by atoms with Crippen LogP contribution in [0.4, 0.5) is 5.69 Å². The molecule has 1 aromatic carbocycles. The van der Waals surface area contributed by atoms with Gasteiger partial charge in [-0.05, 0) is 44.0 Å². The lowest BCUT2D eigenvalue weighted by Gasteiger charge is -2.28. The van der Waals surface area contributed by atoms with E-state index in [4.69, 9.17) is 4.74 Å². The van der Waals surface area contributed by atoms with Crippen LogP contribution < -0.4 is 11.0 Å². The van der Waals surface area contributed by atoms with Crippen LogP contribution in [0.1, 0.15) is 19.8 Å². The Hall–Kier alpha value is -2.01. The van der Waals surface area contributed by atoms with Gasteiger partial charge in [0, 0.05) is 30.7 Å². The lowest BCUT2D eigenvalue weighted by atomic mass is 10.0. The summed E-state index contributed by atoms with van der Waals surface area (Å²) >= 11 is 0. The lowest BCUT2D eigenvalue weighted by Crippen LogP contribution is -2.32. The van der Waals surface area contributed by atoms with E-state index in [9.17, 15) is 4.79 Å². The van der Waals surface area contributed by atoms with E-state index in [-0.39, 0.29) is 5.69 Å². The zero-order chi connectivity index (χ0) is 13.9. The average Bonchev–Trinajstić information content (AvgIpc) is 2.86. The van der Waals surface area contributed by atoms with Gasteiger partial charge in [-0.1, -0.05) is 0 Å². The molecule has 5 nitrogen and oxygen atoms in total. The minimum absolute atomic E-state index is 0.121. The molecule has 2 unspecified atom stereocenters. The number of ether oxygens (including phenoxy) is 1. The van der Waals surface area contributed by atoms with Crippen LogP contribution in [0, 0.1) is 0 Å². The number of imidazole rings is 1. The first-order valence-corrected chi connectivity index (χ1v) is 6.97. The Labute approximate surface area is 117 Å². The Kier molecular flexibility index (Phi) is 3.60. The first-order valence-electron chi connectivity index (χ1n) is 6.97. The largest absolute Gasteiger partial charge is 0.382 e. The van der Waals surface area contributed by atoms with Gasteiger partial charge in [0.2, 0.25) is 0 Å². The van der Waals surface area contributed by atoms with Crippen molar-refractivity contribution in [3.63, 3.8) is 0 Å². The van der Waals surface area contributed by atoms with Crippen molar-refractivity contribution < 1.29 is 4.74 Å². The second-order valence-corrected chi connectivity index (χ2v) is 5.23. The highest BCUT2D eigenvalue weighted by atomic mass is 16.5. The summed E-state index contributed by atoms with van der Waals surface area (Å²) in [7, 11) is 0. The van der Waals surface area contributed by atoms with Gasteiger partial charge in [-0.2, -0.15) is 0 Å². The van der Waals surface area contributed by atoms with E-state index in [1.165, 1.54) is 0 Å². The number of rotatable bonds is 3. The third kappa shape index (κ3) is 2.77. The third-order valence-corrected chi connectivity index (χ3v) is 3.65. The smallest absolute Gasteiger partial charge is 0.330 e. The Morgan fingerprint density at radius 3 is 2.80 bits per heavy atom. The van der Waals surface area contributed by atoms with Gasteiger partial charge in [-0.3, -0.25) is 4.57 Å². The molecule has 1 aliphatic heterocycles. The van der Waals surface area contributed by atoms with Crippen molar-refractivity contribution in [3.8, 4) is 5.69 Å². The topological polar surface area (TPSA) is 59.0 Å². The summed E-state index contributed by atoms with van der Waals surface area (Å²) in [4.78, 5) is 14.2. The SMILES string of the molecule is CC1CC(Nc2ccc(-n3cc[nH]c3=O)cc2)CCO1. The molecule has 3 rings (SSSR count). The average molecular weight is 273 g/mol. The number of H-pyrrole nitrogens is 1. The van der Waals surface area contributed by atoms with Gasteiger partial charge in [0.25, 0.3) is 0 Å². The van der Waals surface area contributed by atoms with Gasteiger partial charge in [0.15, 0.2) is 0 Å². The molecule has 2 aromatic rings. The quantitative estimate of drug-likeness (QED) is 0.901. The van der Waals surface area contributed by atoms with E-state index in [1.54, 1.807) is 17.0 Å². The molecule has 0 spiro atoms. The predicted octanol–water partition coefficient (Wildman–Crippen LogP) is 2.14. The molecule has 1 fully saturated rings. The Morgan fingerprint density at radius 2 is 2.15 bits per heavy atom. The number of aromatic nitrogens is 2. The van der Waals surface area contributed by atoms with Crippen molar-refractivity contribution in [1.82, 2.24) is 9.55 Å². The molecule has 0 saturated carbocycles. The van der Waals surface area contributed by atoms with Crippen LogP contribution in [0.5, 0.6) is 0 Å². The molecule has 20 heavy (non-hydrogen) atoms. The van der Waals surface area contributed by atoms with Crippen molar-refractivity contribution in [2.24, 2.45) is 0 Å². The number of nitrogens with zero attached hydrogens (tertiary/aromatic N) is 1. The number of hydrogen-bond acceptors (Lipinski definition) is 3. The van der Waals surface area contributed by atoms with Crippen LogP contribution >= 0.6 is 0 Å². The Bertz CT molecular complexity index is 615. The molecule has 2 heterocycles. The van der Waals surface area contributed by atoms with Crippen LogP contribution in [-0.2, 0) is 4.74 Å². The summed E-state index contributed by atoms with van der Waals surface area (Å²) in [6.07, 6.45) is 5.74. The normalized spacial score (nSPS) is 22.6. The highest BCUT2D eigenvalue weighted by molar-refractivity contribution is 5.49. The Morgan fingerprint density at radius 1 is 1.35 bits per heavy atom. The van der Waals surface area contributed by atoms with Crippen LogP contribution in [0.15, 0.2) is 41.5 Å². The molecular formula is C15H19N3O2. The maximum atomic E-state index is 11.5. The van der Waals surface area contributed by atoms with E-state index in [2.05, 4.69) is 17.2 Å². The molecule has 0 amide bonds. The summed E-state index contributed by atoms with van der Waals surface area (Å²) in [6.45, 7) is 2.92. The van der Waals surface area contributed by atoms with Gasteiger partial charge in [0.05, 0.1) is 11.8 Å². The number of anilines is 1. The van der Waals surface area contributed by atoms with Crippen molar-refractivity contribution in [1.29, 1.82) is 0 Å².